The van der Waals surface area contributed by atoms with E-state index in [0.717, 1.165) is 24.0 Å². The van der Waals surface area contributed by atoms with Crippen molar-refractivity contribution in [1.29, 1.82) is 0 Å². The average molecular weight is 531 g/mol. The van der Waals surface area contributed by atoms with E-state index < -0.39 is 20.2 Å². The molecule has 6 nitrogen and oxygen atoms in total. The van der Waals surface area contributed by atoms with Gasteiger partial charge in [0.1, 0.15) is 21.3 Å². The molecule has 8 heteroatoms. The Morgan fingerprint density at radius 1 is 0.583 bits per heavy atom. The molecule has 0 aliphatic carbocycles. The Kier molecular flexibility index (Phi) is 7.91. The average Bonchev–Trinajstić information content (AvgIpc) is 2.84. The van der Waals surface area contributed by atoms with Crippen LogP contribution in [0.1, 0.15) is 65.5 Å². The molecule has 0 saturated carbocycles. The standard InChI is InChI=1S/C28H34O6S2/c1-7-27(3,4)21-12-16-25(17-13-21)35(29,30)33-23-10-9-11-24(20-23)34-36(31,32)26-18-14-22(15-19-26)28(5,6)8-2/h9-20H,7-8H2,1-6H3. The van der Waals surface area contributed by atoms with Crippen molar-refractivity contribution in [3.63, 3.8) is 0 Å². The molecule has 3 rings (SSSR count). The van der Waals surface area contributed by atoms with Crippen molar-refractivity contribution in [2.24, 2.45) is 0 Å². The number of hydrogen-bond donors (Lipinski definition) is 0. The largest absolute Gasteiger partial charge is 0.379 e. The van der Waals surface area contributed by atoms with E-state index in [1.165, 1.54) is 48.5 Å². The van der Waals surface area contributed by atoms with E-state index in [1.807, 2.05) is 0 Å². The van der Waals surface area contributed by atoms with Crippen LogP contribution in [-0.4, -0.2) is 16.8 Å². The lowest BCUT2D eigenvalue weighted by atomic mass is 9.82. The summed E-state index contributed by atoms with van der Waals surface area (Å²) in [6, 6.07) is 18.7. The normalized spacial score (nSPS) is 12.8. The summed E-state index contributed by atoms with van der Waals surface area (Å²) in [4.78, 5) is 0.0133. The van der Waals surface area contributed by atoms with Gasteiger partial charge in [0, 0.05) is 6.07 Å². The van der Waals surface area contributed by atoms with Crippen LogP contribution in [-0.2, 0) is 31.1 Å². The predicted octanol–water partition coefficient (Wildman–Crippen LogP) is 6.60. The van der Waals surface area contributed by atoms with Crippen molar-refractivity contribution >= 4 is 20.2 Å². The molecule has 194 valence electrons. The molecule has 0 bridgehead atoms. The van der Waals surface area contributed by atoms with E-state index >= 15 is 0 Å². The van der Waals surface area contributed by atoms with E-state index in [2.05, 4.69) is 41.5 Å². The Morgan fingerprint density at radius 3 is 1.22 bits per heavy atom. The zero-order valence-electron chi connectivity index (χ0n) is 21.6. The topological polar surface area (TPSA) is 86.7 Å². The van der Waals surface area contributed by atoms with Crippen LogP contribution in [0.3, 0.4) is 0 Å². The first-order chi connectivity index (χ1) is 16.7. The highest BCUT2D eigenvalue weighted by Crippen LogP contribution is 2.30. The molecule has 0 amide bonds. The maximum Gasteiger partial charge on any atom is 0.339 e. The van der Waals surface area contributed by atoms with E-state index in [0.29, 0.717) is 0 Å². The van der Waals surface area contributed by atoms with Crippen LogP contribution in [0.4, 0.5) is 0 Å². The second kappa shape index (κ2) is 10.3. The number of hydrogen-bond acceptors (Lipinski definition) is 6. The van der Waals surface area contributed by atoms with E-state index in [9.17, 15) is 16.8 Å². The number of rotatable bonds is 10. The van der Waals surface area contributed by atoms with Crippen LogP contribution in [0.2, 0.25) is 0 Å². The van der Waals surface area contributed by atoms with Gasteiger partial charge in [0.15, 0.2) is 0 Å². The second-order valence-corrected chi connectivity index (χ2v) is 13.2. The van der Waals surface area contributed by atoms with Crippen LogP contribution >= 0.6 is 0 Å². The first-order valence-electron chi connectivity index (χ1n) is 11.9. The quantitative estimate of drug-likeness (QED) is 0.275. The third kappa shape index (κ3) is 6.28. The smallest absolute Gasteiger partial charge is 0.339 e. The minimum Gasteiger partial charge on any atom is -0.379 e. The van der Waals surface area contributed by atoms with Gasteiger partial charge in [-0.3, -0.25) is 0 Å². The summed E-state index contributed by atoms with van der Waals surface area (Å²) in [6.45, 7) is 12.5. The summed E-state index contributed by atoms with van der Waals surface area (Å²) in [7, 11) is -8.24. The number of benzene rings is 3. The third-order valence-electron chi connectivity index (χ3n) is 6.83. The van der Waals surface area contributed by atoms with Crippen LogP contribution in [0.5, 0.6) is 11.5 Å². The van der Waals surface area contributed by atoms with Gasteiger partial charge in [0.2, 0.25) is 0 Å². The molecule has 0 atom stereocenters. The molecular weight excluding hydrogens is 496 g/mol. The summed E-state index contributed by atoms with van der Waals surface area (Å²) in [6.07, 6.45) is 1.82. The molecule has 3 aromatic carbocycles. The van der Waals surface area contributed by atoms with Crippen LogP contribution in [0.25, 0.3) is 0 Å². The molecular formula is C28H34O6S2. The second-order valence-electron chi connectivity index (χ2n) is 10.1. The van der Waals surface area contributed by atoms with Gasteiger partial charge < -0.3 is 8.37 Å². The highest BCUT2D eigenvalue weighted by Gasteiger charge is 2.23. The van der Waals surface area contributed by atoms with Gasteiger partial charge in [-0.15, -0.1) is 0 Å². The highest BCUT2D eigenvalue weighted by molar-refractivity contribution is 7.87. The molecule has 0 N–H and O–H groups in total. The van der Waals surface area contributed by atoms with Gasteiger partial charge in [0.05, 0.1) is 0 Å². The summed E-state index contributed by atoms with van der Waals surface area (Å²) >= 11 is 0. The summed E-state index contributed by atoms with van der Waals surface area (Å²) in [5, 5.41) is 0. The van der Waals surface area contributed by atoms with Crippen molar-refractivity contribution in [3.05, 3.63) is 83.9 Å². The minimum absolute atomic E-state index is 0.00666. The maximum absolute atomic E-state index is 12.8. The van der Waals surface area contributed by atoms with Crippen LogP contribution in [0.15, 0.2) is 82.6 Å². The molecule has 0 saturated heterocycles. The fourth-order valence-electron chi connectivity index (χ4n) is 3.48. The SMILES string of the molecule is CCC(C)(C)c1ccc(S(=O)(=O)Oc2cccc(OS(=O)(=O)c3ccc(C(C)(C)CC)cc3)c2)cc1. The van der Waals surface area contributed by atoms with Crippen molar-refractivity contribution in [3.8, 4) is 11.5 Å². The van der Waals surface area contributed by atoms with Gasteiger partial charge in [0.25, 0.3) is 0 Å². The van der Waals surface area contributed by atoms with Crippen molar-refractivity contribution in [2.45, 2.75) is 75.0 Å². The van der Waals surface area contributed by atoms with Gasteiger partial charge in [-0.05, 0) is 71.2 Å². The Hall–Kier alpha value is -2.84. The summed E-state index contributed by atoms with van der Waals surface area (Å²) in [5.41, 5.74) is 1.89. The molecule has 36 heavy (non-hydrogen) atoms. The predicted molar refractivity (Wildman–Crippen MR) is 142 cm³/mol. The molecule has 0 heterocycles. The summed E-state index contributed by atoms with van der Waals surface area (Å²) < 4.78 is 61.8. The van der Waals surface area contributed by atoms with Gasteiger partial charge in [-0.2, -0.15) is 16.8 Å². The zero-order valence-corrected chi connectivity index (χ0v) is 23.2. The fourth-order valence-corrected chi connectivity index (χ4v) is 5.33. The first-order valence-corrected chi connectivity index (χ1v) is 14.7. The molecule has 3 aromatic rings. The molecule has 0 unspecified atom stereocenters. The first kappa shape index (κ1) is 27.7. The molecule has 0 aliphatic heterocycles. The van der Waals surface area contributed by atoms with Crippen molar-refractivity contribution in [1.82, 2.24) is 0 Å². The van der Waals surface area contributed by atoms with Gasteiger partial charge in [-0.1, -0.05) is 71.9 Å². The summed E-state index contributed by atoms with van der Waals surface area (Å²) in [5.74, 6) is -0.110. The lowest BCUT2D eigenvalue weighted by molar-refractivity contribution is 0.475. The lowest BCUT2D eigenvalue weighted by Gasteiger charge is -2.23. The highest BCUT2D eigenvalue weighted by atomic mass is 32.2. The lowest BCUT2D eigenvalue weighted by Crippen LogP contribution is -2.16. The van der Waals surface area contributed by atoms with Crippen LogP contribution < -0.4 is 8.37 Å². The fraction of sp³-hybridized carbons (Fsp3) is 0.357. The Balaban J connectivity index is 1.78. The Morgan fingerprint density at radius 2 is 0.917 bits per heavy atom. The minimum atomic E-state index is -4.12. The van der Waals surface area contributed by atoms with E-state index in [-0.39, 0.29) is 32.1 Å². The van der Waals surface area contributed by atoms with E-state index in [4.69, 9.17) is 8.37 Å². The molecule has 0 radical (unpaired) electrons. The van der Waals surface area contributed by atoms with Crippen molar-refractivity contribution in [2.75, 3.05) is 0 Å². The van der Waals surface area contributed by atoms with Crippen molar-refractivity contribution < 1.29 is 25.2 Å². The van der Waals surface area contributed by atoms with Crippen LogP contribution in [0, 0.1) is 0 Å². The molecule has 0 aromatic heterocycles. The Labute approximate surface area is 215 Å². The van der Waals surface area contributed by atoms with E-state index in [1.54, 1.807) is 24.3 Å². The molecule has 0 fully saturated rings. The van der Waals surface area contributed by atoms with Gasteiger partial charge in [-0.25, -0.2) is 0 Å². The van der Waals surface area contributed by atoms with Gasteiger partial charge >= 0.3 is 20.2 Å². The zero-order chi connectivity index (χ0) is 26.8. The monoisotopic (exact) mass is 530 g/mol. The third-order valence-corrected chi connectivity index (χ3v) is 9.36. The Bertz CT molecular complexity index is 1300. The maximum atomic E-state index is 12.8. The molecule has 0 aliphatic rings. The molecule has 0 spiro atoms.